The highest BCUT2D eigenvalue weighted by atomic mass is 32.2. The first kappa shape index (κ1) is 14.0. The Balaban J connectivity index is 2.56. The standard InChI is InChI=1S/C13H11NO5S/c1-9-4-6-10(7-5-9)20(18,19)14-8-2-3-11(14)12(15)13(16)17/h2-8H,1H3,(H,16,17). The summed E-state index contributed by atoms with van der Waals surface area (Å²) in [5.74, 6) is -2.98. The van der Waals surface area contributed by atoms with Crippen LogP contribution in [0.3, 0.4) is 0 Å². The highest BCUT2D eigenvalue weighted by molar-refractivity contribution is 7.90. The molecule has 0 bridgehead atoms. The molecule has 6 nitrogen and oxygen atoms in total. The van der Waals surface area contributed by atoms with E-state index in [0.717, 1.165) is 17.8 Å². The molecular weight excluding hydrogens is 282 g/mol. The van der Waals surface area contributed by atoms with Crippen LogP contribution >= 0.6 is 0 Å². The Hall–Kier alpha value is -2.41. The summed E-state index contributed by atoms with van der Waals surface area (Å²) in [5.41, 5.74) is 0.483. The number of carbonyl (C=O) groups excluding carboxylic acids is 1. The average molecular weight is 293 g/mol. The lowest BCUT2D eigenvalue weighted by molar-refractivity contribution is -0.131. The molecule has 2 rings (SSSR count). The molecule has 0 atom stereocenters. The Morgan fingerprint density at radius 3 is 2.25 bits per heavy atom. The summed E-state index contributed by atoms with van der Waals surface area (Å²) >= 11 is 0. The van der Waals surface area contributed by atoms with E-state index in [1.165, 1.54) is 18.2 Å². The van der Waals surface area contributed by atoms with Crippen LogP contribution in [0.15, 0.2) is 47.5 Å². The van der Waals surface area contributed by atoms with Gasteiger partial charge in [0, 0.05) is 6.20 Å². The number of benzene rings is 1. The van der Waals surface area contributed by atoms with E-state index in [2.05, 4.69) is 0 Å². The molecule has 1 N–H and O–H groups in total. The molecule has 0 amide bonds. The van der Waals surface area contributed by atoms with Crippen LogP contribution in [0, 0.1) is 6.92 Å². The van der Waals surface area contributed by atoms with Crippen LogP contribution in [0.2, 0.25) is 0 Å². The Bertz CT molecular complexity index is 771. The van der Waals surface area contributed by atoms with Crippen LogP contribution < -0.4 is 0 Å². The Labute approximate surface area is 115 Å². The first-order valence-corrected chi connectivity index (χ1v) is 7.05. The van der Waals surface area contributed by atoms with Gasteiger partial charge in [-0.3, -0.25) is 4.79 Å². The number of nitrogens with zero attached hydrogens (tertiary/aromatic N) is 1. The summed E-state index contributed by atoms with van der Waals surface area (Å²) in [7, 11) is -3.99. The van der Waals surface area contributed by atoms with Gasteiger partial charge < -0.3 is 5.11 Å². The van der Waals surface area contributed by atoms with E-state index < -0.39 is 27.5 Å². The third kappa shape index (κ3) is 2.35. The van der Waals surface area contributed by atoms with Gasteiger partial charge >= 0.3 is 5.97 Å². The molecule has 0 spiro atoms. The van der Waals surface area contributed by atoms with Crippen molar-refractivity contribution >= 4 is 21.8 Å². The van der Waals surface area contributed by atoms with E-state index in [1.807, 2.05) is 6.92 Å². The van der Waals surface area contributed by atoms with Crippen LogP contribution in [-0.2, 0) is 14.8 Å². The van der Waals surface area contributed by atoms with Crippen molar-refractivity contribution in [2.45, 2.75) is 11.8 Å². The third-order valence-corrected chi connectivity index (χ3v) is 4.42. The van der Waals surface area contributed by atoms with Crippen molar-refractivity contribution in [3.63, 3.8) is 0 Å². The number of carbonyl (C=O) groups is 2. The highest BCUT2D eigenvalue weighted by Gasteiger charge is 2.25. The molecule has 1 heterocycles. The summed E-state index contributed by atoms with van der Waals surface area (Å²) in [6.07, 6.45) is 1.14. The van der Waals surface area contributed by atoms with Crippen molar-refractivity contribution in [2.75, 3.05) is 0 Å². The van der Waals surface area contributed by atoms with E-state index in [-0.39, 0.29) is 4.90 Å². The minimum absolute atomic E-state index is 0.0151. The number of aromatic nitrogens is 1. The Morgan fingerprint density at radius 2 is 1.70 bits per heavy atom. The van der Waals surface area contributed by atoms with E-state index in [0.29, 0.717) is 3.97 Å². The molecule has 0 unspecified atom stereocenters. The van der Waals surface area contributed by atoms with Crippen LogP contribution in [0.4, 0.5) is 0 Å². The number of aryl methyl sites for hydroxylation is 1. The van der Waals surface area contributed by atoms with Crippen molar-refractivity contribution in [1.29, 1.82) is 0 Å². The molecular formula is C13H11NO5S. The van der Waals surface area contributed by atoms with Gasteiger partial charge in [0.1, 0.15) is 5.69 Å². The lowest BCUT2D eigenvalue weighted by Crippen LogP contribution is -2.22. The number of rotatable bonds is 4. The normalized spacial score (nSPS) is 11.2. The quantitative estimate of drug-likeness (QED) is 0.677. The zero-order valence-corrected chi connectivity index (χ0v) is 11.3. The van der Waals surface area contributed by atoms with Gasteiger partial charge in [-0.05, 0) is 31.2 Å². The third-order valence-electron chi connectivity index (χ3n) is 2.72. The van der Waals surface area contributed by atoms with Crippen LogP contribution in [0.25, 0.3) is 0 Å². The van der Waals surface area contributed by atoms with Gasteiger partial charge in [0.25, 0.3) is 15.8 Å². The number of carboxylic acids is 1. The van der Waals surface area contributed by atoms with Gasteiger partial charge in [0.15, 0.2) is 0 Å². The number of ketones is 1. The van der Waals surface area contributed by atoms with Crippen LogP contribution in [0.5, 0.6) is 0 Å². The molecule has 20 heavy (non-hydrogen) atoms. The fourth-order valence-corrected chi connectivity index (χ4v) is 3.03. The molecule has 0 saturated heterocycles. The molecule has 104 valence electrons. The monoisotopic (exact) mass is 293 g/mol. The molecule has 0 aliphatic carbocycles. The van der Waals surface area contributed by atoms with Gasteiger partial charge in [-0.25, -0.2) is 17.2 Å². The largest absolute Gasteiger partial charge is 0.475 e. The molecule has 1 aromatic carbocycles. The molecule has 7 heteroatoms. The number of carboxylic acid groups (broad SMARTS) is 1. The molecule has 0 aliphatic heterocycles. The van der Waals surface area contributed by atoms with E-state index in [9.17, 15) is 18.0 Å². The zero-order chi connectivity index (χ0) is 14.9. The molecule has 2 aromatic rings. The molecule has 0 saturated carbocycles. The predicted octanol–water partition coefficient (Wildman–Crippen LogP) is 1.30. The smallest absolute Gasteiger partial charge is 0.378 e. The molecule has 0 aliphatic rings. The molecule has 0 fully saturated rings. The maximum atomic E-state index is 12.4. The lowest BCUT2D eigenvalue weighted by atomic mass is 10.2. The first-order valence-electron chi connectivity index (χ1n) is 5.61. The number of hydrogen-bond donors (Lipinski definition) is 1. The highest BCUT2D eigenvalue weighted by Crippen LogP contribution is 2.17. The predicted molar refractivity (Wildman–Crippen MR) is 70.2 cm³/mol. The van der Waals surface area contributed by atoms with Crippen molar-refractivity contribution in [3.8, 4) is 0 Å². The van der Waals surface area contributed by atoms with Gasteiger partial charge in [-0.2, -0.15) is 0 Å². The lowest BCUT2D eigenvalue weighted by Gasteiger charge is -2.08. The second kappa shape index (κ2) is 4.93. The summed E-state index contributed by atoms with van der Waals surface area (Å²) in [6, 6.07) is 8.51. The van der Waals surface area contributed by atoms with Crippen molar-refractivity contribution in [3.05, 3.63) is 53.9 Å². The SMILES string of the molecule is Cc1ccc(S(=O)(=O)n2cccc2C(=O)C(=O)O)cc1. The average Bonchev–Trinajstić information content (AvgIpc) is 2.88. The topological polar surface area (TPSA) is 93.4 Å². The van der Waals surface area contributed by atoms with Crippen LogP contribution in [-0.4, -0.2) is 29.2 Å². The number of hydrogen-bond acceptors (Lipinski definition) is 4. The minimum atomic E-state index is -3.99. The molecule has 0 radical (unpaired) electrons. The summed E-state index contributed by atoms with van der Waals surface area (Å²) in [6.45, 7) is 1.81. The maximum absolute atomic E-state index is 12.4. The molecule has 1 aromatic heterocycles. The van der Waals surface area contributed by atoms with Gasteiger partial charge in [0.05, 0.1) is 4.90 Å². The van der Waals surface area contributed by atoms with Crippen molar-refractivity contribution in [2.24, 2.45) is 0 Å². The van der Waals surface area contributed by atoms with Gasteiger partial charge in [-0.1, -0.05) is 17.7 Å². The summed E-state index contributed by atoms with van der Waals surface area (Å²) in [4.78, 5) is 22.2. The second-order valence-corrected chi connectivity index (χ2v) is 5.96. The van der Waals surface area contributed by atoms with E-state index in [1.54, 1.807) is 12.1 Å². The fraction of sp³-hybridized carbons (Fsp3) is 0.0769. The minimum Gasteiger partial charge on any atom is -0.475 e. The summed E-state index contributed by atoms with van der Waals surface area (Å²) < 4.78 is 25.4. The van der Waals surface area contributed by atoms with E-state index in [4.69, 9.17) is 5.11 Å². The Kier molecular flexibility index (Phi) is 3.46. The second-order valence-electron chi connectivity index (χ2n) is 4.14. The fourth-order valence-electron chi connectivity index (χ4n) is 1.68. The van der Waals surface area contributed by atoms with Crippen LogP contribution in [0.1, 0.15) is 16.1 Å². The van der Waals surface area contributed by atoms with Crippen molar-refractivity contribution < 1.29 is 23.1 Å². The first-order chi connectivity index (χ1) is 9.34. The number of aliphatic carboxylic acids is 1. The van der Waals surface area contributed by atoms with E-state index >= 15 is 0 Å². The zero-order valence-electron chi connectivity index (χ0n) is 10.5. The summed E-state index contributed by atoms with van der Waals surface area (Å²) in [5, 5.41) is 8.69. The Morgan fingerprint density at radius 1 is 1.10 bits per heavy atom. The van der Waals surface area contributed by atoms with Crippen molar-refractivity contribution in [1.82, 2.24) is 3.97 Å². The van der Waals surface area contributed by atoms with Gasteiger partial charge in [0.2, 0.25) is 0 Å². The van der Waals surface area contributed by atoms with Gasteiger partial charge in [-0.15, -0.1) is 0 Å². The maximum Gasteiger partial charge on any atom is 0.378 e. The number of Topliss-reactive ketones (excluding diaryl/α,β-unsaturated/α-hetero) is 1.